The Bertz CT molecular complexity index is 1520. The zero-order chi connectivity index (χ0) is 26.2. The topological polar surface area (TPSA) is 57.0 Å². The first-order valence-electron chi connectivity index (χ1n) is 13.4. The van der Waals surface area contributed by atoms with Crippen LogP contribution in [0.3, 0.4) is 0 Å². The molecular weight excluding hydrogens is 647 g/mol. The van der Waals surface area contributed by atoms with Crippen LogP contribution >= 0.6 is 0 Å². The van der Waals surface area contributed by atoms with Gasteiger partial charge in [-0.15, -0.1) is 18.2 Å². The van der Waals surface area contributed by atoms with E-state index < -0.39 is 0 Å². The molecule has 2 heterocycles. The van der Waals surface area contributed by atoms with Gasteiger partial charge in [-0.1, -0.05) is 99.7 Å². The standard InChI is InChI=1S/C22H17N2.C11H19NO.Ir/c1-13-10-15-8-9-23-20-16-12-14-6-4-5-7-18(14)24-21(16)22(2,3)17(11-13)19(15)20;1-9(8-10(2)13)12-11-6-4-3-5-7-11;/h4-11H,1-3H3;8,11H,3-7H2,1-2H3,(H,12,13);/q-1;;/p-1. The fourth-order valence-electron chi connectivity index (χ4n) is 5.78. The summed E-state index contributed by atoms with van der Waals surface area (Å²) >= 11 is 0. The molecule has 1 saturated carbocycles. The summed E-state index contributed by atoms with van der Waals surface area (Å²) in [6, 6.07) is 18.9. The Morgan fingerprint density at radius 2 is 1.82 bits per heavy atom. The van der Waals surface area contributed by atoms with Crippen LogP contribution in [0.25, 0.3) is 38.2 Å². The predicted molar refractivity (Wildman–Crippen MR) is 153 cm³/mol. The maximum atomic E-state index is 10.8. The van der Waals surface area contributed by atoms with Gasteiger partial charge in [0.05, 0.1) is 0 Å². The first-order chi connectivity index (χ1) is 17.7. The van der Waals surface area contributed by atoms with E-state index in [9.17, 15) is 4.79 Å². The molecule has 0 spiro atoms. The molecule has 2 aliphatic carbocycles. The number of carbonyl (C=O) groups is 1. The first-order valence-corrected chi connectivity index (χ1v) is 13.4. The molecule has 2 aliphatic rings. The number of aromatic nitrogens is 2. The van der Waals surface area contributed by atoms with Crippen molar-refractivity contribution >= 4 is 27.5 Å². The number of hydrogen-bond acceptors (Lipinski definition) is 3. The molecule has 2 aromatic heterocycles. The van der Waals surface area contributed by atoms with E-state index >= 15 is 0 Å². The molecule has 1 fully saturated rings. The summed E-state index contributed by atoms with van der Waals surface area (Å²) in [5.41, 5.74) is 7.41. The fraction of sp³-hybridized carbons (Fsp3) is 0.364. The van der Waals surface area contributed by atoms with Crippen molar-refractivity contribution in [3.05, 3.63) is 88.6 Å². The molecule has 0 N–H and O–H groups in total. The van der Waals surface area contributed by atoms with Crippen molar-refractivity contribution in [1.29, 1.82) is 0 Å². The molecule has 0 aliphatic heterocycles. The Kier molecular flexibility index (Phi) is 8.49. The van der Waals surface area contributed by atoms with Gasteiger partial charge in [-0.25, -0.2) is 0 Å². The second kappa shape index (κ2) is 11.5. The maximum Gasteiger partial charge on any atom is 0.151 e. The van der Waals surface area contributed by atoms with Crippen molar-refractivity contribution in [3.63, 3.8) is 0 Å². The largest absolute Gasteiger partial charge is 0.685 e. The van der Waals surface area contributed by atoms with Crippen molar-refractivity contribution in [2.24, 2.45) is 0 Å². The number of benzene rings is 2. The van der Waals surface area contributed by atoms with Gasteiger partial charge in [0.25, 0.3) is 0 Å². The monoisotopic (exact) mass is 682 g/mol. The van der Waals surface area contributed by atoms with Crippen LogP contribution in [0.1, 0.15) is 76.6 Å². The molecular formula is C33H35IrN3O-2. The van der Waals surface area contributed by atoms with E-state index in [1.54, 1.807) is 13.0 Å². The summed E-state index contributed by atoms with van der Waals surface area (Å²) < 4.78 is 0. The minimum atomic E-state index is -0.170. The van der Waals surface area contributed by atoms with Crippen LogP contribution in [0, 0.1) is 13.0 Å². The Morgan fingerprint density at radius 3 is 2.55 bits per heavy atom. The Hall–Kier alpha value is -2.88. The van der Waals surface area contributed by atoms with Crippen molar-refractivity contribution in [3.8, 4) is 11.3 Å². The van der Waals surface area contributed by atoms with Gasteiger partial charge < -0.3 is 10.3 Å². The zero-order valence-corrected chi connectivity index (χ0v) is 25.3. The summed E-state index contributed by atoms with van der Waals surface area (Å²) in [4.78, 5) is 20.5. The van der Waals surface area contributed by atoms with E-state index in [-0.39, 0.29) is 31.3 Å². The summed E-state index contributed by atoms with van der Waals surface area (Å²) in [5.74, 6) is 0.0945. The molecule has 0 saturated heterocycles. The van der Waals surface area contributed by atoms with E-state index in [1.807, 2.05) is 25.3 Å². The van der Waals surface area contributed by atoms with E-state index in [0.717, 1.165) is 33.6 Å². The number of nitrogens with zero attached hydrogens (tertiary/aromatic N) is 3. The summed E-state index contributed by atoms with van der Waals surface area (Å²) in [7, 11) is 0. The zero-order valence-electron chi connectivity index (χ0n) is 22.9. The van der Waals surface area contributed by atoms with Crippen molar-refractivity contribution in [1.82, 2.24) is 9.97 Å². The molecule has 0 unspecified atom stereocenters. The molecule has 5 heteroatoms. The summed E-state index contributed by atoms with van der Waals surface area (Å²) in [6.07, 6.45) is 9.84. The average Bonchev–Trinajstić information content (AvgIpc) is 2.87. The van der Waals surface area contributed by atoms with Gasteiger partial charge >= 0.3 is 0 Å². The second-order valence-corrected chi connectivity index (χ2v) is 11.0. The van der Waals surface area contributed by atoms with Crippen LogP contribution in [-0.2, 0) is 30.3 Å². The molecule has 4 aromatic rings. The number of hydrogen-bond donors (Lipinski definition) is 0. The van der Waals surface area contributed by atoms with E-state index in [2.05, 4.69) is 62.5 Å². The third-order valence-electron chi connectivity index (χ3n) is 7.52. The third-order valence-corrected chi connectivity index (χ3v) is 7.52. The molecule has 0 amide bonds. The van der Waals surface area contributed by atoms with Crippen LogP contribution in [0.2, 0.25) is 0 Å². The number of para-hydroxylation sites is 1. The Morgan fingerprint density at radius 1 is 1.08 bits per heavy atom. The van der Waals surface area contributed by atoms with Gasteiger partial charge in [0.2, 0.25) is 0 Å². The molecule has 4 nitrogen and oxygen atoms in total. The van der Waals surface area contributed by atoms with Crippen LogP contribution < -0.4 is 0 Å². The molecule has 1 radical (unpaired) electrons. The second-order valence-electron chi connectivity index (χ2n) is 11.0. The van der Waals surface area contributed by atoms with Crippen molar-refractivity contribution in [2.45, 2.75) is 78.2 Å². The molecule has 6 rings (SSSR count). The number of allylic oxidation sites excluding steroid dienone is 2. The Balaban J connectivity index is 0.000000207. The number of rotatable bonds is 3. The fourth-order valence-corrected chi connectivity index (χ4v) is 5.78. The number of ketones is 1. The van der Waals surface area contributed by atoms with Gasteiger partial charge in [-0.3, -0.25) is 9.78 Å². The van der Waals surface area contributed by atoms with E-state index in [1.165, 1.54) is 54.0 Å². The third kappa shape index (κ3) is 5.60. The number of fused-ring (bicyclic) bond motifs is 3. The van der Waals surface area contributed by atoms with E-state index in [0.29, 0.717) is 6.04 Å². The summed E-state index contributed by atoms with van der Waals surface area (Å²) in [5, 5.41) is 8.05. The van der Waals surface area contributed by atoms with E-state index in [4.69, 9.17) is 9.97 Å². The van der Waals surface area contributed by atoms with Crippen molar-refractivity contribution in [2.75, 3.05) is 0 Å². The van der Waals surface area contributed by atoms with Crippen LogP contribution in [0.15, 0.2) is 60.4 Å². The minimum absolute atomic E-state index is 0. The van der Waals surface area contributed by atoms with Gasteiger partial charge in [-0.05, 0) is 53.5 Å². The summed E-state index contributed by atoms with van der Waals surface area (Å²) in [6.45, 7) is 10.1. The predicted octanol–water partition coefficient (Wildman–Crippen LogP) is 8.38. The van der Waals surface area contributed by atoms with Crippen molar-refractivity contribution < 1.29 is 24.9 Å². The van der Waals surface area contributed by atoms with Crippen LogP contribution in [0.5, 0.6) is 0 Å². The maximum absolute atomic E-state index is 10.8. The van der Waals surface area contributed by atoms with Gasteiger partial charge in [0.15, 0.2) is 5.78 Å². The van der Waals surface area contributed by atoms with Crippen LogP contribution in [-0.4, -0.2) is 21.8 Å². The quantitative estimate of drug-likeness (QED) is 0.161. The molecule has 0 atom stereocenters. The molecule has 0 bridgehead atoms. The van der Waals surface area contributed by atoms with Gasteiger partial charge in [0.1, 0.15) is 0 Å². The SMILES string of the molecule is CC(=O)/C=C(/C)[N-]C1CCCCC1.Cc1cc2c3c(nccc3c1)-c1[c-]c3ccccc3nc1C2(C)C.[Ir]. The molecule has 38 heavy (non-hydrogen) atoms. The van der Waals surface area contributed by atoms with Gasteiger partial charge in [-0.2, -0.15) is 5.70 Å². The smallest absolute Gasteiger partial charge is 0.151 e. The number of pyridine rings is 2. The molecule has 2 aromatic carbocycles. The minimum Gasteiger partial charge on any atom is -0.685 e. The average molecular weight is 682 g/mol. The Labute approximate surface area is 239 Å². The number of carbonyl (C=O) groups excluding carboxylic acids is 1. The first kappa shape index (κ1) is 28.1. The number of aryl methyl sites for hydroxylation is 1. The van der Waals surface area contributed by atoms with Crippen LogP contribution in [0.4, 0.5) is 0 Å². The van der Waals surface area contributed by atoms with Gasteiger partial charge in [0, 0.05) is 37.4 Å². The molecule has 199 valence electrons. The normalized spacial score (nSPS) is 16.2.